The Kier molecular flexibility index (Phi) is 2.42. The molecule has 0 unspecified atom stereocenters. The SMILES string of the molecule is CC(C)C(=O)NC1=NCC(=O)N1. The lowest BCUT2D eigenvalue weighted by molar-refractivity contribution is -0.122. The summed E-state index contributed by atoms with van der Waals surface area (Å²) in [6, 6.07) is 0. The zero-order chi connectivity index (χ0) is 9.14. The van der Waals surface area contributed by atoms with E-state index in [4.69, 9.17) is 0 Å². The second-order valence-corrected chi connectivity index (χ2v) is 2.86. The number of aliphatic imine (C=N–C) groups is 1. The highest BCUT2D eigenvalue weighted by molar-refractivity contribution is 6.08. The summed E-state index contributed by atoms with van der Waals surface area (Å²) in [4.78, 5) is 25.5. The van der Waals surface area contributed by atoms with Gasteiger partial charge in [-0.15, -0.1) is 0 Å². The van der Waals surface area contributed by atoms with E-state index < -0.39 is 0 Å². The zero-order valence-corrected chi connectivity index (χ0v) is 7.05. The summed E-state index contributed by atoms with van der Waals surface area (Å²) in [5.74, 6) is -0.172. The molecular formula is C7H11N3O2. The summed E-state index contributed by atoms with van der Waals surface area (Å²) < 4.78 is 0. The van der Waals surface area contributed by atoms with E-state index in [-0.39, 0.29) is 30.2 Å². The molecule has 0 saturated heterocycles. The van der Waals surface area contributed by atoms with E-state index in [0.29, 0.717) is 0 Å². The van der Waals surface area contributed by atoms with Crippen molar-refractivity contribution in [1.82, 2.24) is 10.6 Å². The van der Waals surface area contributed by atoms with Gasteiger partial charge < -0.3 is 0 Å². The maximum Gasteiger partial charge on any atom is 0.248 e. The van der Waals surface area contributed by atoms with Crippen LogP contribution in [0.5, 0.6) is 0 Å². The van der Waals surface area contributed by atoms with Gasteiger partial charge in [-0.25, -0.2) is 4.99 Å². The molecule has 5 heteroatoms. The second-order valence-electron chi connectivity index (χ2n) is 2.86. The van der Waals surface area contributed by atoms with Crippen molar-refractivity contribution in [2.75, 3.05) is 6.54 Å². The van der Waals surface area contributed by atoms with E-state index in [9.17, 15) is 9.59 Å². The Hall–Kier alpha value is -1.39. The van der Waals surface area contributed by atoms with Crippen molar-refractivity contribution in [2.45, 2.75) is 13.8 Å². The van der Waals surface area contributed by atoms with Crippen LogP contribution in [0.1, 0.15) is 13.8 Å². The minimum Gasteiger partial charge on any atom is -0.296 e. The molecule has 0 saturated carbocycles. The van der Waals surface area contributed by atoms with Crippen molar-refractivity contribution < 1.29 is 9.59 Å². The molecule has 2 amide bonds. The highest BCUT2D eigenvalue weighted by atomic mass is 16.2. The molecule has 0 radical (unpaired) electrons. The molecule has 12 heavy (non-hydrogen) atoms. The second kappa shape index (κ2) is 3.34. The molecule has 1 aliphatic heterocycles. The molecule has 2 N–H and O–H groups in total. The fraction of sp³-hybridized carbons (Fsp3) is 0.571. The van der Waals surface area contributed by atoms with Gasteiger partial charge in [0.15, 0.2) is 0 Å². The molecule has 0 bridgehead atoms. The molecule has 1 rings (SSSR count). The van der Waals surface area contributed by atoms with Crippen LogP contribution in [0.15, 0.2) is 4.99 Å². The fourth-order valence-corrected chi connectivity index (χ4v) is 0.694. The van der Waals surface area contributed by atoms with Gasteiger partial charge in [-0.3, -0.25) is 20.2 Å². The van der Waals surface area contributed by atoms with Crippen molar-refractivity contribution in [3.8, 4) is 0 Å². The Morgan fingerprint density at radius 3 is 2.75 bits per heavy atom. The minimum atomic E-state index is -0.186. The molecule has 0 aromatic heterocycles. The maximum absolute atomic E-state index is 11.1. The number of amides is 2. The third-order valence-corrected chi connectivity index (χ3v) is 1.40. The lowest BCUT2D eigenvalue weighted by atomic mass is 10.2. The van der Waals surface area contributed by atoms with Crippen LogP contribution in [0.25, 0.3) is 0 Å². The van der Waals surface area contributed by atoms with Crippen molar-refractivity contribution in [2.24, 2.45) is 10.9 Å². The minimum absolute atomic E-state index is 0.105. The number of nitrogens with zero attached hydrogens (tertiary/aromatic N) is 1. The van der Waals surface area contributed by atoms with Gasteiger partial charge in [0.25, 0.3) is 0 Å². The highest BCUT2D eigenvalue weighted by Gasteiger charge is 2.16. The van der Waals surface area contributed by atoms with Crippen LogP contribution in [0.3, 0.4) is 0 Å². The number of carbonyl (C=O) groups is 2. The predicted octanol–water partition coefficient (Wildman–Crippen LogP) is -0.756. The highest BCUT2D eigenvalue weighted by Crippen LogP contribution is 1.91. The number of guanidine groups is 1. The first-order valence-corrected chi connectivity index (χ1v) is 3.75. The Bertz CT molecular complexity index is 245. The topological polar surface area (TPSA) is 70.6 Å². The first-order chi connectivity index (χ1) is 5.59. The van der Waals surface area contributed by atoms with Gasteiger partial charge in [0.1, 0.15) is 6.54 Å². The lowest BCUT2D eigenvalue weighted by Crippen LogP contribution is -2.41. The van der Waals surface area contributed by atoms with Crippen molar-refractivity contribution in [1.29, 1.82) is 0 Å². The van der Waals surface area contributed by atoms with Crippen molar-refractivity contribution in [3.63, 3.8) is 0 Å². The normalized spacial score (nSPS) is 15.9. The predicted molar refractivity (Wildman–Crippen MR) is 43.4 cm³/mol. The number of carbonyl (C=O) groups excluding carboxylic acids is 2. The van der Waals surface area contributed by atoms with Gasteiger partial charge in [-0.1, -0.05) is 13.8 Å². The maximum atomic E-state index is 11.1. The van der Waals surface area contributed by atoms with Crippen LogP contribution in [0.4, 0.5) is 0 Å². The summed E-state index contributed by atoms with van der Waals surface area (Å²) >= 11 is 0. The molecular weight excluding hydrogens is 158 g/mol. The molecule has 1 heterocycles. The summed E-state index contributed by atoms with van der Waals surface area (Å²) in [5, 5.41) is 4.91. The molecule has 0 aliphatic carbocycles. The summed E-state index contributed by atoms with van der Waals surface area (Å²) in [7, 11) is 0. The average molecular weight is 169 g/mol. The number of hydrogen-bond acceptors (Lipinski definition) is 3. The molecule has 0 aromatic rings. The van der Waals surface area contributed by atoms with Crippen molar-refractivity contribution in [3.05, 3.63) is 0 Å². The quantitative estimate of drug-likeness (QED) is 0.542. The lowest BCUT2D eigenvalue weighted by Gasteiger charge is -2.05. The van der Waals surface area contributed by atoms with Crippen LogP contribution in [0.2, 0.25) is 0 Å². The summed E-state index contributed by atoms with van der Waals surface area (Å²) in [6.07, 6.45) is 0. The average Bonchev–Trinajstić information content (AvgIpc) is 2.35. The molecule has 0 spiro atoms. The van der Waals surface area contributed by atoms with Gasteiger partial charge in [0.2, 0.25) is 17.8 Å². The Labute approximate surface area is 70.2 Å². The van der Waals surface area contributed by atoms with Crippen LogP contribution in [0, 0.1) is 5.92 Å². The van der Waals surface area contributed by atoms with Gasteiger partial charge in [0.05, 0.1) is 0 Å². The number of hydrogen-bond donors (Lipinski definition) is 2. The largest absolute Gasteiger partial charge is 0.296 e. The van der Waals surface area contributed by atoms with Crippen LogP contribution >= 0.6 is 0 Å². The van der Waals surface area contributed by atoms with E-state index in [1.54, 1.807) is 13.8 Å². The van der Waals surface area contributed by atoms with Gasteiger partial charge >= 0.3 is 0 Å². The van der Waals surface area contributed by atoms with E-state index >= 15 is 0 Å². The van der Waals surface area contributed by atoms with Crippen molar-refractivity contribution >= 4 is 17.8 Å². The molecule has 1 aliphatic rings. The Morgan fingerprint density at radius 1 is 1.67 bits per heavy atom. The summed E-state index contributed by atoms with van der Waals surface area (Å²) in [5.41, 5.74) is 0. The van der Waals surface area contributed by atoms with Gasteiger partial charge in [-0.2, -0.15) is 0 Å². The number of nitrogens with one attached hydrogen (secondary N) is 2. The molecule has 0 atom stereocenters. The first kappa shape index (κ1) is 8.70. The van der Waals surface area contributed by atoms with Crippen LogP contribution < -0.4 is 10.6 Å². The van der Waals surface area contributed by atoms with Gasteiger partial charge in [-0.05, 0) is 0 Å². The van der Waals surface area contributed by atoms with Gasteiger partial charge in [0, 0.05) is 5.92 Å². The van der Waals surface area contributed by atoms with Crippen LogP contribution in [-0.2, 0) is 9.59 Å². The van der Waals surface area contributed by atoms with E-state index in [0.717, 1.165) is 0 Å². The standard InChI is InChI=1S/C7H11N3O2/c1-4(2)6(12)10-7-8-3-5(11)9-7/h4H,3H2,1-2H3,(H2,8,9,10,11,12). The fourth-order valence-electron chi connectivity index (χ4n) is 0.694. The third kappa shape index (κ3) is 2.05. The van der Waals surface area contributed by atoms with E-state index in [2.05, 4.69) is 15.6 Å². The molecule has 66 valence electrons. The Balaban J connectivity index is 2.43. The first-order valence-electron chi connectivity index (χ1n) is 3.75. The third-order valence-electron chi connectivity index (χ3n) is 1.40. The van der Waals surface area contributed by atoms with E-state index in [1.165, 1.54) is 0 Å². The summed E-state index contributed by atoms with van der Waals surface area (Å²) in [6.45, 7) is 3.65. The smallest absolute Gasteiger partial charge is 0.248 e. The molecule has 0 fully saturated rings. The van der Waals surface area contributed by atoms with Crippen LogP contribution in [-0.4, -0.2) is 24.3 Å². The zero-order valence-electron chi connectivity index (χ0n) is 7.05. The molecule has 0 aromatic carbocycles. The Morgan fingerprint density at radius 2 is 2.33 bits per heavy atom. The number of rotatable bonds is 1. The van der Waals surface area contributed by atoms with E-state index in [1.807, 2.05) is 0 Å². The monoisotopic (exact) mass is 169 g/mol. The molecule has 5 nitrogen and oxygen atoms in total.